The van der Waals surface area contributed by atoms with Crippen LogP contribution in [0.25, 0.3) is 11.0 Å². The number of halogens is 4. The van der Waals surface area contributed by atoms with Crippen LogP contribution in [0.1, 0.15) is 17.9 Å². The van der Waals surface area contributed by atoms with Crippen LogP contribution in [0.15, 0.2) is 44.1 Å². The van der Waals surface area contributed by atoms with Crippen molar-refractivity contribution in [1.82, 2.24) is 5.16 Å². The number of anilines is 1. The Morgan fingerprint density at radius 2 is 2.00 bits per heavy atom. The first-order valence-corrected chi connectivity index (χ1v) is 7.66. The van der Waals surface area contributed by atoms with Gasteiger partial charge in [0.1, 0.15) is 11.3 Å². The number of benzene rings is 1. The predicted molar refractivity (Wildman–Crippen MR) is 85.9 cm³/mol. The van der Waals surface area contributed by atoms with E-state index in [4.69, 9.17) is 20.5 Å². The van der Waals surface area contributed by atoms with Crippen LogP contribution in [0.2, 0.25) is 5.15 Å². The van der Waals surface area contributed by atoms with E-state index in [0.29, 0.717) is 11.8 Å². The Labute approximate surface area is 148 Å². The molecule has 26 heavy (non-hydrogen) atoms. The normalized spacial score (nSPS) is 11.7. The predicted octanol–water partition coefficient (Wildman–Crippen LogP) is 4.02. The fraction of sp³-hybridized carbons (Fsp3) is 0.188. The Morgan fingerprint density at radius 3 is 2.65 bits per heavy atom. The second kappa shape index (κ2) is 6.83. The first-order valence-electron chi connectivity index (χ1n) is 7.28. The highest BCUT2D eigenvalue weighted by atomic mass is 35.5. The fourth-order valence-corrected chi connectivity index (χ4v) is 2.40. The molecule has 1 amide bonds. The highest BCUT2D eigenvalue weighted by molar-refractivity contribution is 6.29. The van der Waals surface area contributed by atoms with Crippen LogP contribution in [0.4, 0.5) is 18.9 Å². The van der Waals surface area contributed by atoms with E-state index in [9.17, 15) is 22.8 Å². The average Bonchev–Trinajstić information content (AvgIpc) is 2.98. The van der Waals surface area contributed by atoms with Crippen molar-refractivity contribution >= 4 is 34.2 Å². The quantitative estimate of drug-likeness (QED) is 0.731. The third-order valence-corrected chi connectivity index (χ3v) is 3.60. The van der Waals surface area contributed by atoms with Gasteiger partial charge in [0, 0.05) is 30.7 Å². The summed E-state index contributed by atoms with van der Waals surface area (Å²) in [6.07, 6.45) is -4.44. The van der Waals surface area contributed by atoms with Gasteiger partial charge in [-0.15, -0.1) is 0 Å². The molecule has 10 heteroatoms. The number of nitrogens with one attached hydrogen (secondary N) is 1. The molecule has 136 valence electrons. The Morgan fingerprint density at radius 1 is 1.23 bits per heavy atom. The van der Waals surface area contributed by atoms with Crippen LogP contribution in [0.3, 0.4) is 0 Å². The minimum atomic E-state index is -4.76. The highest BCUT2D eigenvalue weighted by Crippen LogP contribution is 2.30. The molecule has 0 radical (unpaired) electrons. The number of hydrogen-bond acceptors (Lipinski definition) is 5. The summed E-state index contributed by atoms with van der Waals surface area (Å²) in [6.45, 7) is 0. The van der Waals surface area contributed by atoms with E-state index in [1.165, 1.54) is 24.3 Å². The molecule has 2 aromatic heterocycles. The molecular weight excluding hydrogens is 377 g/mol. The number of alkyl halides is 3. The molecule has 6 nitrogen and oxygen atoms in total. The Kier molecular flexibility index (Phi) is 4.73. The van der Waals surface area contributed by atoms with Crippen LogP contribution in [-0.2, 0) is 17.4 Å². The van der Waals surface area contributed by atoms with E-state index in [2.05, 4.69) is 10.5 Å². The van der Waals surface area contributed by atoms with E-state index < -0.39 is 17.4 Å². The summed E-state index contributed by atoms with van der Waals surface area (Å²) in [4.78, 5) is 23.8. The lowest BCUT2D eigenvalue weighted by Crippen LogP contribution is -2.13. The van der Waals surface area contributed by atoms with Crippen molar-refractivity contribution in [3.63, 3.8) is 0 Å². The van der Waals surface area contributed by atoms with Gasteiger partial charge in [0.2, 0.25) is 11.7 Å². The Balaban J connectivity index is 1.75. The minimum absolute atomic E-state index is 0.0607. The van der Waals surface area contributed by atoms with Crippen molar-refractivity contribution in [3.05, 3.63) is 57.2 Å². The zero-order chi connectivity index (χ0) is 18.9. The van der Waals surface area contributed by atoms with Crippen molar-refractivity contribution in [2.45, 2.75) is 19.0 Å². The van der Waals surface area contributed by atoms with Crippen LogP contribution >= 0.6 is 11.6 Å². The van der Waals surface area contributed by atoms with Gasteiger partial charge < -0.3 is 14.3 Å². The summed E-state index contributed by atoms with van der Waals surface area (Å²) in [5, 5.41) is 6.14. The minimum Gasteiger partial charge on any atom is -0.451 e. The lowest BCUT2D eigenvalue weighted by Gasteiger charge is -2.08. The van der Waals surface area contributed by atoms with Gasteiger partial charge in [0.15, 0.2) is 10.6 Å². The number of aryl methyl sites for hydroxylation is 1. The van der Waals surface area contributed by atoms with Gasteiger partial charge in [-0.1, -0.05) is 16.8 Å². The van der Waals surface area contributed by atoms with Gasteiger partial charge in [0.25, 0.3) is 0 Å². The van der Waals surface area contributed by atoms with Gasteiger partial charge in [-0.2, -0.15) is 13.2 Å². The molecule has 3 aromatic rings. The second-order valence-corrected chi connectivity index (χ2v) is 5.73. The smallest absolute Gasteiger partial charge is 0.449 e. The summed E-state index contributed by atoms with van der Waals surface area (Å²) in [5.41, 5.74) is -0.824. The molecule has 0 aliphatic heterocycles. The molecule has 0 atom stereocenters. The van der Waals surface area contributed by atoms with Crippen molar-refractivity contribution in [2.24, 2.45) is 0 Å². The summed E-state index contributed by atoms with van der Waals surface area (Å²) in [6, 6.07) is 5.65. The van der Waals surface area contributed by atoms with Gasteiger partial charge >= 0.3 is 6.18 Å². The molecule has 0 saturated heterocycles. The molecule has 3 rings (SSSR count). The molecule has 0 saturated carbocycles. The molecule has 0 aliphatic carbocycles. The molecule has 0 spiro atoms. The first kappa shape index (κ1) is 18.0. The largest absolute Gasteiger partial charge is 0.451 e. The maximum Gasteiger partial charge on any atom is 0.449 e. The molecule has 0 fully saturated rings. The average molecular weight is 387 g/mol. The van der Waals surface area contributed by atoms with Crippen LogP contribution in [0.5, 0.6) is 0 Å². The number of nitrogens with zero attached hydrogens (tertiary/aromatic N) is 1. The Hall–Kier alpha value is -2.81. The van der Waals surface area contributed by atoms with E-state index in [1.807, 2.05) is 0 Å². The number of carbonyl (C=O) groups is 1. The lowest BCUT2D eigenvalue weighted by atomic mass is 10.2. The van der Waals surface area contributed by atoms with Crippen molar-refractivity contribution in [1.29, 1.82) is 0 Å². The molecule has 1 N–H and O–H groups in total. The zero-order valence-corrected chi connectivity index (χ0v) is 13.6. The molecule has 0 unspecified atom stereocenters. The van der Waals surface area contributed by atoms with Crippen molar-refractivity contribution in [3.8, 4) is 0 Å². The molecule has 0 bridgehead atoms. The number of carbonyl (C=O) groups excluding carboxylic acids is 1. The van der Waals surface area contributed by atoms with Gasteiger partial charge in [-0.05, 0) is 18.2 Å². The summed E-state index contributed by atoms with van der Waals surface area (Å²) < 4.78 is 47.6. The molecular formula is C16H10ClF3N2O4. The number of fused-ring (bicyclic) bond motifs is 1. The van der Waals surface area contributed by atoms with E-state index in [0.717, 1.165) is 0 Å². The van der Waals surface area contributed by atoms with Gasteiger partial charge in [-0.25, -0.2) is 0 Å². The maximum atomic E-state index is 12.7. The van der Waals surface area contributed by atoms with E-state index >= 15 is 0 Å². The topological polar surface area (TPSA) is 85.3 Å². The van der Waals surface area contributed by atoms with Crippen LogP contribution < -0.4 is 10.7 Å². The maximum absolute atomic E-state index is 12.7. The number of amides is 1. The first-order chi connectivity index (χ1) is 12.2. The molecule has 2 heterocycles. The highest BCUT2D eigenvalue weighted by Gasteiger charge is 2.34. The summed E-state index contributed by atoms with van der Waals surface area (Å²) >= 11 is 5.60. The lowest BCUT2D eigenvalue weighted by molar-refractivity contribution is -0.152. The fourth-order valence-electron chi connectivity index (χ4n) is 2.24. The Bertz CT molecular complexity index is 1030. The van der Waals surface area contributed by atoms with Crippen LogP contribution in [0, 0.1) is 0 Å². The van der Waals surface area contributed by atoms with Crippen molar-refractivity contribution < 1.29 is 26.9 Å². The van der Waals surface area contributed by atoms with Crippen LogP contribution in [-0.4, -0.2) is 11.1 Å². The number of rotatable bonds is 4. The second-order valence-electron chi connectivity index (χ2n) is 5.35. The third-order valence-electron chi connectivity index (χ3n) is 3.42. The summed E-state index contributed by atoms with van der Waals surface area (Å²) in [7, 11) is 0. The summed E-state index contributed by atoms with van der Waals surface area (Å²) in [5.74, 6) is -1.32. The van der Waals surface area contributed by atoms with Crippen molar-refractivity contribution in [2.75, 3.05) is 5.32 Å². The number of hydrogen-bond donors (Lipinski definition) is 1. The SMILES string of the molecule is O=C(CCc1cc(Cl)no1)Nc1ccc2oc(C(F)(F)F)cc(=O)c2c1. The standard InChI is InChI=1S/C16H10ClF3N2O4/c17-14-6-9(26-22-14)2-4-15(24)21-8-1-3-12-10(5-8)11(23)7-13(25-12)16(18,19)20/h1,3,5-7H,2,4H2,(H,21,24). The monoisotopic (exact) mass is 386 g/mol. The van der Waals surface area contributed by atoms with E-state index in [1.54, 1.807) is 0 Å². The number of aromatic nitrogens is 1. The third kappa shape index (κ3) is 4.05. The van der Waals surface area contributed by atoms with Gasteiger partial charge in [0.05, 0.1) is 5.39 Å². The molecule has 0 aliphatic rings. The zero-order valence-electron chi connectivity index (χ0n) is 12.9. The molecule has 1 aromatic carbocycles. The van der Waals surface area contributed by atoms with E-state index in [-0.39, 0.29) is 40.6 Å². The van der Waals surface area contributed by atoms with Gasteiger partial charge in [-0.3, -0.25) is 9.59 Å².